The van der Waals surface area contributed by atoms with Gasteiger partial charge in [-0.05, 0) is 55.6 Å². The van der Waals surface area contributed by atoms with Gasteiger partial charge in [-0.15, -0.1) is 0 Å². The van der Waals surface area contributed by atoms with Gasteiger partial charge in [-0.1, -0.05) is 12.5 Å². The van der Waals surface area contributed by atoms with Crippen LogP contribution in [0.4, 0.5) is 5.69 Å². The van der Waals surface area contributed by atoms with Crippen molar-refractivity contribution in [2.45, 2.75) is 39.0 Å². The van der Waals surface area contributed by atoms with Gasteiger partial charge in [0.1, 0.15) is 5.75 Å². The van der Waals surface area contributed by atoms with Crippen LogP contribution in [0.25, 0.3) is 0 Å². The van der Waals surface area contributed by atoms with E-state index in [1.54, 1.807) is 6.07 Å². The molecule has 2 bridgehead atoms. The Morgan fingerprint density at radius 1 is 1.37 bits per heavy atom. The molecule has 2 N–H and O–H groups in total. The maximum absolute atomic E-state index is 12.0. The van der Waals surface area contributed by atoms with E-state index in [1.807, 2.05) is 19.1 Å². The molecule has 0 spiro atoms. The molecule has 102 valence electrons. The van der Waals surface area contributed by atoms with Gasteiger partial charge in [0.25, 0.3) is 0 Å². The number of aryl methyl sites for hydroxylation is 1. The summed E-state index contributed by atoms with van der Waals surface area (Å²) in [6.45, 7) is 1.84. The van der Waals surface area contributed by atoms with Gasteiger partial charge in [0, 0.05) is 18.2 Å². The number of carbonyl (C=O) groups excluding carboxylic acids is 1. The van der Waals surface area contributed by atoms with Gasteiger partial charge in [0.2, 0.25) is 5.91 Å². The first-order valence-corrected chi connectivity index (χ1v) is 7.21. The first-order valence-electron chi connectivity index (χ1n) is 7.21. The number of benzene rings is 1. The van der Waals surface area contributed by atoms with Crippen LogP contribution in [0.5, 0.6) is 5.75 Å². The van der Waals surface area contributed by atoms with E-state index >= 15 is 0 Å². The highest BCUT2D eigenvalue weighted by Crippen LogP contribution is 2.49. The molecule has 3 rings (SSSR count). The van der Waals surface area contributed by atoms with Crippen molar-refractivity contribution in [3.63, 3.8) is 0 Å². The third kappa shape index (κ3) is 2.60. The second kappa shape index (κ2) is 4.87. The molecule has 0 radical (unpaired) electrons. The van der Waals surface area contributed by atoms with Crippen molar-refractivity contribution in [1.29, 1.82) is 0 Å². The molecule has 0 aliphatic heterocycles. The summed E-state index contributed by atoms with van der Waals surface area (Å²) < 4.78 is 0. The summed E-state index contributed by atoms with van der Waals surface area (Å²) in [5.41, 5.74) is 1.52. The number of fused-ring (bicyclic) bond motifs is 2. The Hall–Kier alpha value is -1.51. The monoisotopic (exact) mass is 259 g/mol. The molecular weight excluding hydrogens is 238 g/mol. The topological polar surface area (TPSA) is 49.3 Å². The van der Waals surface area contributed by atoms with Gasteiger partial charge >= 0.3 is 0 Å². The molecule has 3 atom stereocenters. The molecule has 1 aromatic carbocycles. The predicted molar refractivity (Wildman–Crippen MR) is 75.0 cm³/mol. The van der Waals surface area contributed by atoms with E-state index in [-0.39, 0.29) is 11.7 Å². The molecule has 2 fully saturated rings. The minimum Gasteiger partial charge on any atom is -0.508 e. The number of phenols is 1. The van der Waals surface area contributed by atoms with E-state index < -0.39 is 0 Å². The Morgan fingerprint density at radius 2 is 2.21 bits per heavy atom. The number of rotatable bonds is 3. The molecular formula is C16H21NO2. The molecule has 19 heavy (non-hydrogen) atoms. The Kier molecular flexibility index (Phi) is 3.21. The molecule has 3 unspecified atom stereocenters. The van der Waals surface area contributed by atoms with Crippen LogP contribution in [-0.4, -0.2) is 11.0 Å². The molecule has 2 aliphatic carbocycles. The zero-order valence-electron chi connectivity index (χ0n) is 11.4. The number of aromatic hydroxyl groups is 1. The third-order valence-electron chi connectivity index (χ3n) is 4.83. The van der Waals surface area contributed by atoms with Crippen LogP contribution in [0.15, 0.2) is 18.2 Å². The number of hydrogen-bond donors (Lipinski definition) is 2. The van der Waals surface area contributed by atoms with E-state index in [0.717, 1.165) is 17.4 Å². The van der Waals surface area contributed by atoms with E-state index in [2.05, 4.69) is 5.32 Å². The highest BCUT2D eigenvalue weighted by atomic mass is 16.3. The zero-order chi connectivity index (χ0) is 13.4. The van der Waals surface area contributed by atoms with Crippen LogP contribution in [0, 0.1) is 24.7 Å². The number of amides is 1. The van der Waals surface area contributed by atoms with Crippen LogP contribution >= 0.6 is 0 Å². The Balaban J connectivity index is 1.57. The minimum absolute atomic E-state index is 0.0841. The quantitative estimate of drug-likeness (QED) is 0.873. The van der Waals surface area contributed by atoms with E-state index in [0.29, 0.717) is 18.0 Å². The first kappa shape index (κ1) is 12.5. The van der Waals surface area contributed by atoms with Crippen LogP contribution in [0.2, 0.25) is 0 Å². The van der Waals surface area contributed by atoms with Gasteiger partial charge in [-0.3, -0.25) is 4.79 Å². The van der Waals surface area contributed by atoms with Crippen molar-refractivity contribution in [2.24, 2.45) is 17.8 Å². The van der Waals surface area contributed by atoms with Crippen LogP contribution < -0.4 is 5.32 Å². The molecule has 3 nitrogen and oxygen atoms in total. The summed E-state index contributed by atoms with van der Waals surface area (Å²) in [5, 5.41) is 12.5. The zero-order valence-corrected chi connectivity index (χ0v) is 11.4. The summed E-state index contributed by atoms with van der Waals surface area (Å²) in [6.07, 6.45) is 5.89. The second-order valence-electron chi connectivity index (χ2n) is 6.19. The van der Waals surface area contributed by atoms with Crippen LogP contribution in [0.3, 0.4) is 0 Å². The van der Waals surface area contributed by atoms with Crippen molar-refractivity contribution < 1.29 is 9.90 Å². The molecule has 0 heterocycles. The molecule has 2 saturated carbocycles. The van der Waals surface area contributed by atoms with Crippen LogP contribution in [-0.2, 0) is 4.79 Å². The van der Waals surface area contributed by atoms with E-state index in [1.165, 1.54) is 25.7 Å². The lowest BCUT2D eigenvalue weighted by Gasteiger charge is -2.20. The highest BCUT2D eigenvalue weighted by molar-refractivity contribution is 5.91. The van der Waals surface area contributed by atoms with Gasteiger partial charge in [-0.25, -0.2) is 0 Å². The lowest BCUT2D eigenvalue weighted by molar-refractivity contribution is -0.117. The fourth-order valence-electron chi connectivity index (χ4n) is 3.76. The Morgan fingerprint density at radius 3 is 2.84 bits per heavy atom. The summed E-state index contributed by atoms with van der Waals surface area (Å²) in [6, 6.07) is 5.28. The number of nitrogens with one attached hydrogen (secondary N) is 1. The largest absolute Gasteiger partial charge is 0.508 e. The standard InChI is InChI=1S/C16H21NO2/c1-10-2-5-14(9-15(10)18)17-16(19)8-13-7-11-3-4-12(13)6-11/h2,5,9,11-13,18H,3-4,6-8H2,1H3,(H,17,19). The summed E-state index contributed by atoms with van der Waals surface area (Å²) in [4.78, 5) is 12.0. The maximum atomic E-state index is 12.0. The maximum Gasteiger partial charge on any atom is 0.224 e. The minimum atomic E-state index is 0.0841. The molecule has 0 saturated heterocycles. The van der Waals surface area contributed by atoms with Gasteiger partial charge < -0.3 is 10.4 Å². The van der Waals surface area contributed by atoms with Crippen molar-refractivity contribution in [2.75, 3.05) is 5.32 Å². The smallest absolute Gasteiger partial charge is 0.224 e. The molecule has 2 aliphatic rings. The lowest BCUT2D eigenvalue weighted by atomic mass is 9.86. The third-order valence-corrected chi connectivity index (χ3v) is 4.83. The van der Waals surface area contributed by atoms with E-state index in [4.69, 9.17) is 0 Å². The van der Waals surface area contributed by atoms with Crippen LogP contribution in [0.1, 0.15) is 37.7 Å². The summed E-state index contributed by atoms with van der Waals surface area (Å²) in [7, 11) is 0. The fourth-order valence-corrected chi connectivity index (χ4v) is 3.76. The van der Waals surface area contributed by atoms with Crippen molar-refractivity contribution >= 4 is 11.6 Å². The number of anilines is 1. The highest BCUT2D eigenvalue weighted by Gasteiger charge is 2.40. The van der Waals surface area contributed by atoms with E-state index in [9.17, 15) is 9.90 Å². The fraction of sp³-hybridized carbons (Fsp3) is 0.562. The van der Waals surface area contributed by atoms with Gasteiger partial charge in [-0.2, -0.15) is 0 Å². The average Bonchev–Trinajstić information content (AvgIpc) is 2.96. The number of phenolic OH excluding ortho intramolecular Hbond substituents is 1. The van der Waals surface area contributed by atoms with Gasteiger partial charge in [0.15, 0.2) is 0 Å². The number of hydrogen-bond acceptors (Lipinski definition) is 2. The van der Waals surface area contributed by atoms with Crippen molar-refractivity contribution in [1.82, 2.24) is 0 Å². The summed E-state index contributed by atoms with van der Waals surface area (Å²) in [5.74, 6) is 2.56. The van der Waals surface area contributed by atoms with Crippen molar-refractivity contribution in [3.8, 4) is 5.75 Å². The second-order valence-corrected chi connectivity index (χ2v) is 6.19. The van der Waals surface area contributed by atoms with Crippen molar-refractivity contribution in [3.05, 3.63) is 23.8 Å². The SMILES string of the molecule is Cc1ccc(NC(=O)CC2CC3CCC2C3)cc1O. The molecule has 1 amide bonds. The lowest BCUT2D eigenvalue weighted by Crippen LogP contribution is -2.20. The molecule has 0 aromatic heterocycles. The molecule has 1 aromatic rings. The van der Waals surface area contributed by atoms with Gasteiger partial charge in [0.05, 0.1) is 0 Å². The normalized spacial score (nSPS) is 28.6. The first-order chi connectivity index (χ1) is 9.11. The summed E-state index contributed by atoms with van der Waals surface area (Å²) >= 11 is 0. The predicted octanol–water partition coefficient (Wildman–Crippen LogP) is 3.47. The Labute approximate surface area is 114 Å². The number of carbonyl (C=O) groups is 1. The Bertz CT molecular complexity index is 498. The average molecular weight is 259 g/mol. The molecule has 3 heteroatoms.